The van der Waals surface area contributed by atoms with E-state index in [-0.39, 0.29) is 5.78 Å². The predicted octanol–water partition coefficient (Wildman–Crippen LogP) is 2.37. The van der Waals surface area contributed by atoms with Crippen molar-refractivity contribution in [3.05, 3.63) is 59.7 Å². The molecule has 0 saturated heterocycles. The maximum atomic E-state index is 12.2. The Morgan fingerprint density at radius 2 is 1.90 bits per heavy atom. The van der Waals surface area contributed by atoms with Gasteiger partial charge in [0.2, 0.25) is 0 Å². The minimum Gasteiger partial charge on any atom is -0.497 e. The molecule has 1 N–H and O–H groups in total. The Labute approximate surface area is 116 Å². The quantitative estimate of drug-likeness (QED) is 0.910. The second-order valence-electron chi connectivity index (χ2n) is 4.62. The van der Waals surface area contributed by atoms with Crippen molar-refractivity contribution >= 4 is 5.78 Å². The SMILES string of the molecule is COc1ccc2c(c1)OC(c1ccccc1)C(O)C2=O. The molecule has 4 heteroatoms. The third kappa shape index (κ3) is 2.04. The first kappa shape index (κ1) is 12.7. The van der Waals surface area contributed by atoms with Crippen molar-refractivity contribution in [1.29, 1.82) is 0 Å². The number of hydrogen-bond acceptors (Lipinski definition) is 4. The Bertz CT molecular complexity index is 636. The van der Waals surface area contributed by atoms with Crippen LogP contribution in [0.2, 0.25) is 0 Å². The van der Waals surface area contributed by atoms with Crippen LogP contribution in [0.25, 0.3) is 0 Å². The van der Waals surface area contributed by atoms with E-state index in [9.17, 15) is 9.90 Å². The highest BCUT2D eigenvalue weighted by molar-refractivity contribution is 6.03. The zero-order chi connectivity index (χ0) is 14.1. The number of rotatable bonds is 2. The lowest BCUT2D eigenvalue weighted by molar-refractivity contribution is 0.0215. The number of aliphatic hydroxyl groups is 1. The third-order valence-electron chi connectivity index (χ3n) is 3.39. The Morgan fingerprint density at radius 1 is 1.15 bits per heavy atom. The lowest BCUT2D eigenvalue weighted by atomic mass is 9.93. The van der Waals surface area contributed by atoms with E-state index in [1.54, 1.807) is 25.3 Å². The highest BCUT2D eigenvalue weighted by atomic mass is 16.5. The first-order valence-electron chi connectivity index (χ1n) is 6.32. The molecule has 102 valence electrons. The van der Waals surface area contributed by atoms with Crippen molar-refractivity contribution in [3.8, 4) is 11.5 Å². The Kier molecular flexibility index (Phi) is 3.16. The molecule has 3 rings (SSSR count). The van der Waals surface area contributed by atoms with Crippen molar-refractivity contribution in [2.45, 2.75) is 12.2 Å². The van der Waals surface area contributed by atoms with Gasteiger partial charge in [0.25, 0.3) is 0 Å². The van der Waals surface area contributed by atoms with E-state index in [0.29, 0.717) is 17.1 Å². The largest absolute Gasteiger partial charge is 0.497 e. The number of methoxy groups -OCH3 is 1. The van der Waals surface area contributed by atoms with Gasteiger partial charge in [-0.15, -0.1) is 0 Å². The van der Waals surface area contributed by atoms with Crippen LogP contribution < -0.4 is 9.47 Å². The lowest BCUT2D eigenvalue weighted by Crippen LogP contribution is -2.36. The number of ether oxygens (including phenoxy) is 2. The monoisotopic (exact) mass is 270 g/mol. The fraction of sp³-hybridized carbons (Fsp3) is 0.188. The van der Waals surface area contributed by atoms with E-state index >= 15 is 0 Å². The lowest BCUT2D eigenvalue weighted by Gasteiger charge is -2.29. The van der Waals surface area contributed by atoms with E-state index in [1.807, 2.05) is 30.3 Å². The molecular weight excluding hydrogens is 256 g/mol. The second kappa shape index (κ2) is 4.98. The number of benzene rings is 2. The predicted molar refractivity (Wildman–Crippen MR) is 73.1 cm³/mol. The van der Waals surface area contributed by atoms with Gasteiger partial charge in [0.05, 0.1) is 12.7 Å². The molecule has 1 heterocycles. The maximum absolute atomic E-state index is 12.2. The van der Waals surface area contributed by atoms with Gasteiger partial charge < -0.3 is 14.6 Å². The molecule has 0 saturated carbocycles. The molecule has 0 radical (unpaired) electrons. The zero-order valence-electron chi connectivity index (χ0n) is 10.9. The molecule has 0 aliphatic carbocycles. The van der Waals surface area contributed by atoms with Crippen LogP contribution in [0.3, 0.4) is 0 Å². The van der Waals surface area contributed by atoms with E-state index in [2.05, 4.69) is 0 Å². The van der Waals surface area contributed by atoms with Crippen LogP contribution in [0.15, 0.2) is 48.5 Å². The zero-order valence-corrected chi connectivity index (χ0v) is 10.9. The normalized spacial score (nSPS) is 21.0. The summed E-state index contributed by atoms with van der Waals surface area (Å²) in [4.78, 5) is 12.2. The van der Waals surface area contributed by atoms with Crippen LogP contribution in [0.1, 0.15) is 22.0 Å². The fourth-order valence-corrected chi connectivity index (χ4v) is 2.32. The summed E-state index contributed by atoms with van der Waals surface area (Å²) in [6, 6.07) is 14.2. The summed E-state index contributed by atoms with van der Waals surface area (Å²) in [6.45, 7) is 0. The average molecular weight is 270 g/mol. The van der Waals surface area contributed by atoms with Gasteiger partial charge in [0, 0.05) is 6.07 Å². The smallest absolute Gasteiger partial charge is 0.199 e. The molecule has 2 atom stereocenters. The number of aliphatic hydroxyl groups excluding tert-OH is 1. The van der Waals surface area contributed by atoms with Crippen LogP contribution in [0.5, 0.6) is 11.5 Å². The number of Topliss-reactive ketones (excluding diaryl/α,β-unsaturated/α-hetero) is 1. The Hall–Kier alpha value is -2.33. The van der Waals surface area contributed by atoms with Crippen molar-refractivity contribution in [2.75, 3.05) is 7.11 Å². The molecule has 20 heavy (non-hydrogen) atoms. The van der Waals surface area contributed by atoms with Crippen LogP contribution in [-0.4, -0.2) is 24.1 Å². The summed E-state index contributed by atoms with van der Waals surface area (Å²) >= 11 is 0. The molecule has 2 unspecified atom stereocenters. The van der Waals surface area contributed by atoms with Gasteiger partial charge in [0.1, 0.15) is 11.5 Å². The summed E-state index contributed by atoms with van der Waals surface area (Å²) in [7, 11) is 1.55. The number of carbonyl (C=O) groups is 1. The molecule has 2 aromatic rings. The molecule has 0 amide bonds. The minimum absolute atomic E-state index is 0.331. The molecule has 0 bridgehead atoms. The molecule has 1 aliphatic heterocycles. The summed E-state index contributed by atoms with van der Waals surface area (Å²) in [5.41, 5.74) is 1.15. The van der Waals surface area contributed by atoms with Gasteiger partial charge in [0.15, 0.2) is 18.0 Å². The van der Waals surface area contributed by atoms with Crippen molar-refractivity contribution in [1.82, 2.24) is 0 Å². The van der Waals surface area contributed by atoms with Crippen LogP contribution in [0, 0.1) is 0 Å². The Balaban J connectivity index is 2.03. The number of hydrogen-bond donors (Lipinski definition) is 1. The number of fused-ring (bicyclic) bond motifs is 1. The first-order valence-corrected chi connectivity index (χ1v) is 6.32. The molecule has 1 aliphatic rings. The highest BCUT2D eigenvalue weighted by Crippen LogP contribution is 2.37. The second-order valence-corrected chi connectivity index (χ2v) is 4.62. The van der Waals surface area contributed by atoms with Crippen LogP contribution >= 0.6 is 0 Å². The summed E-state index contributed by atoms with van der Waals surface area (Å²) in [6.07, 6.45) is -1.89. The molecule has 2 aromatic carbocycles. The minimum atomic E-state index is -1.20. The van der Waals surface area contributed by atoms with Crippen molar-refractivity contribution < 1.29 is 19.4 Å². The molecule has 4 nitrogen and oxygen atoms in total. The van der Waals surface area contributed by atoms with E-state index in [1.165, 1.54) is 0 Å². The van der Waals surface area contributed by atoms with Gasteiger partial charge in [-0.2, -0.15) is 0 Å². The summed E-state index contributed by atoms with van der Waals surface area (Å²) in [5, 5.41) is 10.2. The van der Waals surface area contributed by atoms with Crippen molar-refractivity contribution in [2.24, 2.45) is 0 Å². The highest BCUT2D eigenvalue weighted by Gasteiger charge is 2.36. The molecule has 0 fully saturated rings. The standard InChI is InChI=1S/C16H14O4/c1-19-11-7-8-12-13(9-11)20-16(15(18)14(12)17)10-5-3-2-4-6-10/h2-9,15-16,18H,1H3. The summed E-state index contributed by atoms with van der Waals surface area (Å²) < 4.78 is 10.9. The summed E-state index contributed by atoms with van der Waals surface area (Å²) in [5.74, 6) is 0.719. The number of carbonyl (C=O) groups excluding carboxylic acids is 1. The topological polar surface area (TPSA) is 55.8 Å². The Morgan fingerprint density at radius 3 is 2.60 bits per heavy atom. The first-order chi connectivity index (χ1) is 9.70. The maximum Gasteiger partial charge on any atom is 0.199 e. The van der Waals surface area contributed by atoms with Gasteiger partial charge >= 0.3 is 0 Å². The van der Waals surface area contributed by atoms with Gasteiger partial charge in [-0.25, -0.2) is 0 Å². The van der Waals surface area contributed by atoms with Crippen LogP contribution in [-0.2, 0) is 0 Å². The molecule has 0 spiro atoms. The van der Waals surface area contributed by atoms with E-state index < -0.39 is 12.2 Å². The van der Waals surface area contributed by atoms with Gasteiger partial charge in [-0.05, 0) is 17.7 Å². The fourth-order valence-electron chi connectivity index (χ4n) is 2.32. The van der Waals surface area contributed by atoms with Gasteiger partial charge in [-0.1, -0.05) is 30.3 Å². The van der Waals surface area contributed by atoms with Crippen molar-refractivity contribution in [3.63, 3.8) is 0 Å². The molecule has 0 aromatic heterocycles. The van der Waals surface area contributed by atoms with E-state index in [4.69, 9.17) is 9.47 Å². The van der Waals surface area contributed by atoms with Crippen LogP contribution in [0.4, 0.5) is 0 Å². The number of ketones is 1. The van der Waals surface area contributed by atoms with Gasteiger partial charge in [-0.3, -0.25) is 4.79 Å². The van der Waals surface area contributed by atoms with E-state index in [0.717, 1.165) is 5.56 Å². The average Bonchev–Trinajstić information content (AvgIpc) is 2.51. The molecular formula is C16H14O4. The third-order valence-corrected chi connectivity index (χ3v) is 3.39.